The van der Waals surface area contributed by atoms with Gasteiger partial charge in [0.2, 0.25) is 11.8 Å². The third-order valence-corrected chi connectivity index (χ3v) is 5.23. The molecule has 3 rings (SSSR count). The minimum atomic E-state index is -0.329. The summed E-state index contributed by atoms with van der Waals surface area (Å²) >= 11 is 0. The molecular formula is C17H27N5O2. The number of amides is 2. The molecule has 2 amide bonds. The van der Waals surface area contributed by atoms with Crippen molar-refractivity contribution in [3.8, 4) is 0 Å². The number of rotatable bonds is 5. The lowest BCUT2D eigenvalue weighted by atomic mass is 9.78. The minimum absolute atomic E-state index is 0.106. The molecule has 7 nitrogen and oxygen atoms in total. The molecule has 132 valence electrons. The van der Waals surface area contributed by atoms with Crippen molar-refractivity contribution in [2.45, 2.75) is 52.4 Å². The molecule has 0 aliphatic carbocycles. The molecule has 0 aromatic carbocycles. The van der Waals surface area contributed by atoms with Gasteiger partial charge in [0.15, 0.2) is 5.82 Å². The lowest BCUT2D eigenvalue weighted by Crippen LogP contribution is -2.50. The molecule has 3 heterocycles. The number of likely N-dealkylation sites (tertiary alicyclic amines) is 2. The summed E-state index contributed by atoms with van der Waals surface area (Å²) < 4.78 is 0. The Hall–Kier alpha value is -1.92. The van der Waals surface area contributed by atoms with E-state index in [1.807, 2.05) is 16.7 Å². The Morgan fingerprint density at radius 1 is 1.33 bits per heavy atom. The van der Waals surface area contributed by atoms with E-state index in [4.69, 9.17) is 0 Å². The molecular weight excluding hydrogens is 306 g/mol. The minimum Gasteiger partial charge on any atom is -0.342 e. The van der Waals surface area contributed by atoms with Crippen molar-refractivity contribution in [1.29, 1.82) is 0 Å². The third kappa shape index (κ3) is 3.30. The van der Waals surface area contributed by atoms with E-state index in [-0.39, 0.29) is 17.2 Å². The van der Waals surface area contributed by atoms with Crippen LogP contribution in [0, 0.1) is 12.3 Å². The Morgan fingerprint density at radius 3 is 2.88 bits per heavy atom. The first-order valence-corrected chi connectivity index (χ1v) is 8.99. The molecule has 7 heteroatoms. The van der Waals surface area contributed by atoms with E-state index in [0.717, 1.165) is 44.6 Å². The number of H-pyrrole nitrogens is 1. The second kappa shape index (κ2) is 6.91. The van der Waals surface area contributed by atoms with Crippen LogP contribution in [-0.4, -0.2) is 63.0 Å². The molecule has 2 aliphatic heterocycles. The fraction of sp³-hybridized carbons (Fsp3) is 0.765. The summed E-state index contributed by atoms with van der Waals surface area (Å²) in [7, 11) is 0. The average molecular weight is 333 g/mol. The van der Waals surface area contributed by atoms with Crippen molar-refractivity contribution < 1.29 is 9.59 Å². The summed E-state index contributed by atoms with van der Waals surface area (Å²) in [5.41, 5.74) is -0.329. The Balaban J connectivity index is 1.57. The summed E-state index contributed by atoms with van der Waals surface area (Å²) in [5, 5.41) is 6.87. The summed E-state index contributed by atoms with van der Waals surface area (Å²) in [5.74, 6) is 1.81. The maximum absolute atomic E-state index is 12.9. The Bertz CT molecular complexity index is 612. The maximum Gasteiger partial charge on any atom is 0.230 e. The van der Waals surface area contributed by atoms with Gasteiger partial charge in [-0.15, -0.1) is 0 Å². The van der Waals surface area contributed by atoms with Gasteiger partial charge in [-0.1, -0.05) is 6.92 Å². The molecule has 24 heavy (non-hydrogen) atoms. The Kier molecular flexibility index (Phi) is 4.87. The number of carbonyl (C=O) groups is 2. The van der Waals surface area contributed by atoms with Crippen LogP contribution >= 0.6 is 0 Å². The van der Waals surface area contributed by atoms with Crippen LogP contribution in [0.15, 0.2) is 0 Å². The van der Waals surface area contributed by atoms with Gasteiger partial charge >= 0.3 is 0 Å². The monoisotopic (exact) mass is 333 g/mol. The lowest BCUT2D eigenvalue weighted by molar-refractivity contribution is -0.146. The summed E-state index contributed by atoms with van der Waals surface area (Å²) in [4.78, 5) is 33.5. The highest BCUT2D eigenvalue weighted by Crippen LogP contribution is 2.40. The third-order valence-electron chi connectivity index (χ3n) is 5.23. The topological polar surface area (TPSA) is 82.2 Å². The predicted octanol–water partition coefficient (Wildman–Crippen LogP) is 1.30. The highest BCUT2D eigenvalue weighted by atomic mass is 16.2. The first kappa shape index (κ1) is 16.9. The van der Waals surface area contributed by atoms with Crippen molar-refractivity contribution in [1.82, 2.24) is 25.0 Å². The standard InChI is InChI=1S/C17H27N5O2/c1-3-9-21-10-4-7-17(16(21)24)8-11-22(12-17)15(23)6-5-14-18-13(2)19-20-14/h3-12H2,1-2H3,(H,18,19,20). The molecule has 1 N–H and O–H groups in total. The number of hydrogen-bond donors (Lipinski definition) is 1. The van der Waals surface area contributed by atoms with E-state index in [9.17, 15) is 9.59 Å². The SMILES string of the molecule is CCCN1CCCC2(CCN(C(=O)CCc3n[nH]c(C)n3)C2)C1=O. The van der Waals surface area contributed by atoms with Crippen molar-refractivity contribution in [3.63, 3.8) is 0 Å². The van der Waals surface area contributed by atoms with Gasteiger partial charge in [0.25, 0.3) is 0 Å². The Labute approximate surface area is 142 Å². The molecule has 0 radical (unpaired) electrons. The van der Waals surface area contributed by atoms with Gasteiger partial charge in [0.05, 0.1) is 5.41 Å². The number of nitrogens with zero attached hydrogens (tertiary/aromatic N) is 4. The van der Waals surface area contributed by atoms with Gasteiger partial charge in [-0.25, -0.2) is 4.98 Å². The quantitative estimate of drug-likeness (QED) is 0.880. The van der Waals surface area contributed by atoms with Crippen LogP contribution in [0.2, 0.25) is 0 Å². The highest BCUT2D eigenvalue weighted by Gasteiger charge is 2.48. The molecule has 2 aliphatic rings. The van der Waals surface area contributed by atoms with Crippen molar-refractivity contribution in [2.75, 3.05) is 26.2 Å². The van der Waals surface area contributed by atoms with Crippen LogP contribution in [0.25, 0.3) is 0 Å². The number of aromatic nitrogens is 3. The summed E-state index contributed by atoms with van der Waals surface area (Å²) in [6, 6.07) is 0. The molecule has 1 spiro atoms. The fourth-order valence-electron chi connectivity index (χ4n) is 3.98. The van der Waals surface area contributed by atoms with Crippen LogP contribution in [0.5, 0.6) is 0 Å². The van der Waals surface area contributed by atoms with Crippen molar-refractivity contribution in [3.05, 3.63) is 11.6 Å². The van der Waals surface area contributed by atoms with Gasteiger partial charge < -0.3 is 9.80 Å². The van der Waals surface area contributed by atoms with Crippen LogP contribution in [0.4, 0.5) is 0 Å². The maximum atomic E-state index is 12.9. The summed E-state index contributed by atoms with van der Waals surface area (Å²) in [6.07, 6.45) is 4.70. The number of aryl methyl sites for hydroxylation is 2. The second-order valence-corrected chi connectivity index (χ2v) is 7.08. The van der Waals surface area contributed by atoms with Crippen LogP contribution in [-0.2, 0) is 16.0 Å². The zero-order chi connectivity index (χ0) is 17.2. The van der Waals surface area contributed by atoms with E-state index < -0.39 is 0 Å². The average Bonchev–Trinajstić information content (AvgIpc) is 3.17. The largest absolute Gasteiger partial charge is 0.342 e. The van der Waals surface area contributed by atoms with Gasteiger partial charge in [-0.3, -0.25) is 14.7 Å². The van der Waals surface area contributed by atoms with E-state index in [1.54, 1.807) is 0 Å². The van der Waals surface area contributed by atoms with Crippen LogP contribution < -0.4 is 0 Å². The zero-order valence-electron chi connectivity index (χ0n) is 14.7. The number of aromatic amines is 1. The van der Waals surface area contributed by atoms with E-state index in [2.05, 4.69) is 22.1 Å². The summed E-state index contributed by atoms with van der Waals surface area (Å²) in [6.45, 7) is 6.92. The van der Waals surface area contributed by atoms with Gasteiger partial charge in [-0.2, -0.15) is 5.10 Å². The van der Waals surface area contributed by atoms with Gasteiger partial charge in [0, 0.05) is 39.0 Å². The van der Waals surface area contributed by atoms with E-state index in [0.29, 0.717) is 31.8 Å². The molecule has 1 aromatic heterocycles. The number of carbonyl (C=O) groups excluding carboxylic acids is 2. The molecule has 2 fully saturated rings. The second-order valence-electron chi connectivity index (χ2n) is 7.08. The molecule has 1 aromatic rings. The van der Waals surface area contributed by atoms with Crippen molar-refractivity contribution >= 4 is 11.8 Å². The normalized spacial score (nSPS) is 24.2. The number of nitrogens with one attached hydrogen (secondary N) is 1. The molecule has 1 atom stereocenters. The molecule has 0 saturated carbocycles. The smallest absolute Gasteiger partial charge is 0.230 e. The van der Waals surface area contributed by atoms with E-state index in [1.165, 1.54) is 0 Å². The molecule has 1 unspecified atom stereocenters. The Morgan fingerprint density at radius 2 is 2.17 bits per heavy atom. The van der Waals surface area contributed by atoms with Crippen LogP contribution in [0.1, 0.15) is 50.7 Å². The predicted molar refractivity (Wildman–Crippen MR) is 89.2 cm³/mol. The van der Waals surface area contributed by atoms with Gasteiger partial charge in [-0.05, 0) is 32.6 Å². The first-order valence-electron chi connectivity index (χ1n) is 8.99. The molecule has 2 saturated heterocycles. The van der Waals surface area contributed by atoms with E-state index >= 15 is 0 Å². The number of hydrogen-bond acceptors (Lipinski definition) is 4. The lowest BCUT2D eigenvalue weighted by Gasteiger charge is -2.39. The van der Waals surface area contributed by atoms with Crippen LogP contribution in [0.3, 0.4) is 0 Å². The highest BCUT2D eigenvalue weighted by molar-refractivity contribution is 5.86. The molecule has 0 bridgehead atoms. The number of piperidine rings is 1. The van der Waals surface area contributed by atoms with Crippen molar-refractivity contribution in [2.24, 2.45) is 5.41 Å². The fourth-order valence-corrected chi connectivity index (χ4v) is 3.98. The first-order chi connectivity index (χ1) is 11.5. The van der Waals surface area contributed by atoms with Gasteiger partial charge in [0.1, 0.15) is 5.82 Å². The zero-order valence-corrected chi connectivity index (χ0v) is 14.7.